The molecule has 0 radical (unpaired) electrons. The smallest absolute Gasteiger partial charge is 0.220 e. The maximum Gasteiger partial charge on any atom is 0.220 e. The summed E-state index contributed by atoms with van der Waals surface area (Å²) >= 11 is 0. The molecular formula is C65H115N5O29. The van der Waals surface area contributed by atoms with Gasteiger partial charge in [0, 0.05) is 97.4 Å². The molecule has 34 heteroatoms. The van der Waals surface area contributed by atoms with Gasteiger partial charge in [-0.1, -0.05) is 26.2 Å². The summed E-state index contributed by atoms with van der Waals surface area (Å²) < 4.78 is 67.4. The third-order valence-electron chi connectivity index (χ3n) is 16.6. The number of aliphatic hydroxyl groups is 9. The van der Waals surface area contributed by atoms with Crippen LogP contribution in [0.25, 0.3) is 0 Å². The lowest BCUT2D eigenvalue weighted by Gasteiger charge is -2.42. The Kier molecular flexibility index (Phi) is 46.3. The van der Waals surface area contributed by atoms with Crippen LogP contribution in [0.1, 0.15) is 143 Å². The van der Waals surface area contributed by atoms with E-state index in [2.05, 4.69) is 33.5 Å². The second-order valence-electron chi connectivity index (χ2n) is 24.8. The molecule has 15 unspecified atom stereocenters. The van der Waals surface area contributed by atoms with Gasteiger partial charge in [-0.15, -0.1) is 0 Å². The zero-order chi connectivity index (χ0) is 73.0. The number of aliphatic hydroxyl groups excluding tert-OH is 9. The molecule has 3 rings (SSSR count). The van der Waals surface area contributed by atoms with Gasteiger partial charge in [0.05, 0.1) is 106 Å². The van der Waals surface area contributed by atoms with Gasteiger partial charge in [-0.2, -0.15) is 0 Å². The highest BCUT2D eigenvalue weighted by Crippen LogP contribution is 2.29. The molecule has 574 valence electrons. The minimum atomic E-state index is -1.47. The standard InChI is InChI=1S/C65H115N5O29/c1-5-6-7-8-12-45(77)13-9-16-52(81)70-65(20-17-46(78)14-10-24-88-27-30-91-33-36-94-62-53(67-42(2)74)59(85)56(82)48(39-71)97-62,21-18-47(79)15-11-25-89-28-31-92-34-37-95-63-54(68-43(3)75)60(86)57(83)49(40-72)98-63)22-19-51(80)66-23-26-90-29-32-93-35-38-96-64-55(69-44(4)76)61(87)58(84)50(41-73)99-64/h48-50,53-64,71-73,82-87H,5-41H2,1-4H3,(H,66,80)(H,67,74)(H,68,75)(H,69,76)(H,70,81). The van der Waals surface area contributed by atoms with Crippen molar-refractivity contribution < 1.29 is 141 Å². The van der Waals surface area contributed by atoms with Crippen LogP contribution in [0.4, 0.5) is 0 Å². The van der Waals surface area contributed by atoms with Crippen molar-refractivity contribution in [2.45, 2.75) is 241 Å². The fourth-order valence-electron chi connectivity index (χ4n) is 11.2. The first-order valence-corrected chi connectivity index (χ1v) is 34.6. The van der Waals surface area contributed by atoms with Gasteiger partial charge in [-0.25, -0.2) is 0 Å². The Morgan fingerprint density at radius 3 is 1.07 bits per heavy atom. The molecule has 3 aliphatic heterocycles. The van der Waals surface area contributed by atoms with E-state index in [1.54, 1.807) is 0 Å². The van der Waals surface area contributed by atoms with Gasteiger partial charge in [-0.05, 0) is 44.9 Å². The van der Waals surface area contributed by atoms with Crippen LogP contribution in [0.15, 0.2) is 0 Å². The summed E-state index contributed by atoms with van der Waals surface area (Å²) in [6.45, 7) is 5.50. The summed E-state index contributed by atoms with van der Waals surface area (Å²) in [6, 6.07) is -3.31. The molecule has 3 saturated heterocycles. The van der Waals surface area contributed by atoms with Crippen LogP contribution in [-0.2, 0) is 95.2 Å². The number of hydrogen-bond donors (Lipinski definition) is 14. The van der Waals surface area contributed by atoms with E-state index in [-0.39, 0.29) is 200 Å². The first-order valence-electron chi connectivity index (χ1n) is 34.6. The Labute approximate surface area is 579 Å². The lowest BCUT2D eigenvalue weighted by Crippen LogP contribution is -2.64. The van der Waals surface area contributed by atoms with Gasteiger partial charge in [0.25, 0.3) is 0 Å². The summed E-state index contributed by atoms with van der Waals surface area (Å²) in [5.74, 6) is -2.54. The van der Waals surface area contributed by atoms with Crippen molar-refractivity contribution in [2.24, 2.45) is 0 Å². The number of carbonyl (C=O) groups excluding carboxylic acids is 8. The quantitative estimate of drug-likeness (QED) is 0.0265. The number of amides is 5. The summed E-state index contributed by atoms with van der Waals surface area (Å²) in [5, 5.41) is 104. The molecule has 3 aliphatic rings. The number of unbranched alkanes of at least 4 members (excludes halogenated alkanes) is 3. The Morgan fingerprint density at radius 1 is 0.364 bits per heavy atom. The summed E-state index contributed by atoms with van der Waals surface area (Å²) in [5.41, 5.74) is -1.21. The van der Waals surface area contributed by atoms with E-state index in [0.717, 1.165) is 25.7 Å². The van der Waals surface area contributed by atoms with Crippen molar-refractivity contribution in [2.75, 3.05) is 125 Å². The third kappa shape index (κ3) is 36.0. The van der Waals surface area contributed by atoms with Crippen LogP contribution < -0.4 is 26.6 Å². The summed E-state index contributed by atoms with van der Waals surface area (Å²) in [7, 11) is 0. The van der Waals surface area contributed by atoms with Crippen LogP contribution >= 0.6 is 0 Å². The van der Waals surface area contributed by atoms with Crippen LogP contribution in [0, 0.1) is 0 Å². The molecule has 99 heavy (non-hydrogen) atoms. The van der Waals surface area contributed by atoms with E-state index in [1.165, 1.54) is 20.8 Å². The normalized spacial score (nSPS) is 26.1. The number of rotatable bonds is 57. The van der Waals surface area contributed by atoms with Crippen molar-refractivity contribution in [1.82, 2.24) is 26.6 Å². The number of Topliss-reactive ketones (excluding diaryl/α,β-unsaturated/α-hetero) is 3. The van der Waals surface area contributed by atoms with Gasteiger partial charge in [0.2, 0.25) is 29.5 Å². The second kappa shape index (κ2) is 51.6. The van der Waals surface area contributed by atoms with Gasteiger partial charge in [0.1, 0.15) is 90.4 Å². The molecule has 3 heterocycles. The summed E-state index contributed by atoms with van der Waals surface area (Å²) in [6.07, 6.45) is -10.2. The zero-order valence-corrected chi connectivity index (χ0v) is 58.0. The van der Waals surface area contributed by atoms with Gasteiger partial charge < -0.3 is 129 Å². The monoisotopic (exact) mass is 1430 g/mol. The molecule has 0 aliphatic carbocycles. The van der Waals surface area contributed by atoms with Crippen LogP contribution in [0.2, 0.25) is 0 Å². The van der Waals surface area contributed by atoms with Crippen molar-refractivity contribution in [1.29, 1.82) is 0 Å². The minimum absolute atomic E-state index is 0.0106. The number of nitrogens with one attached hydrogen (secondary N) is 5. The molecule has 0 aromatic rings. The Balaban J connectivity index is 1.58. The number of ether oxygens (including phenoxy) is 12. The van der Waals surface area contributed by atoms with Gasteiger partial charge in [0.15, 0.2) is 18.9 Å². The van der Waals surface area contributed by atoms with Crippen molar-refractivity contribution in [3.8, 4) is 0 Å². The van der Waals surface area contributed by atoms with Gasteiger partial charge in [-0.3, -0.25) is 38.4 Å². The topological polar surface area (TPSA) is 490 Å². The Hall–Kier alpha value is -4.48. The largest absolute Gasteiger partial charge is 0.394 e. The highest BCUT2D eigenvalue weighted by molar-refractivity contribution is 5.82. The van der Waals surface area contributed by atoms with E-state index in [4.69, 9.17) is 56.8 Å². The van der Waals surface area contributed by atoms with Gasteiger partial charge >= 0.3 is 0 Å². The van der Waals surface area contributed by atoms with Crippen molar-refractivity contribution >= 4 is 46.9 Å². The summed E-state index contributed by atoms with van der Waals surface area (Å²) in [4.78, 5) is 103. The minimum Gasteiger partial charge on any atom is -0.394 e. The van der Waals surface area contributed by atoms with E-state index in [1.807, 2.05) is 0 Å². The SMILES string of the molecule is CCCCCCC(=O)CCCC(=O)NC(CCC(=O)CCCOCCOCCOC1OC(CO)C(O)C(O)C1NC(C)=O)(CCC(=O)CCCOCCOCCOC1OC(CO)C(O)C(O)C1NC(C)=O)CCC(=O)NCCOCCOCCOC1OC(CO)C(O)C(O)C1NC(C)=O. The number of hydrogen-bond acceptors (Lipinski definition) is 29. The lowest BCUT2D eigenvalue weighted by atomic mass is 9.81. The maximum absolute atomic E-state index is 13.9. The molecule has 15 atom stereocenters. The van der Waals surface area contributed by atoms with Crippen molar-refractivity contribution in [3.05, 3.63) is 0 Å². The molecule has 0 aromatic carbocycles. The highest BCUT2D eigenvalue weighted by Gasteiger charge is 2.48. The fourth-order valence-corrected chi connectivity index (χ4v) is 11.2. The molecule has 0 aromatic heterocycles. The predicted octanol–water partition coefficient (Wildman–Crippen LogP) is -3.31. The average molecular weight is 1430 g/mol. The zero-order valence-electron chi connectivity index (χ0n) is 58.0. The first kappa shape index (κ1) is 88.7. The van der Waals surface area contributed by atoms with E-state index in [0.29, 0.717) is 19.3 Å². The highest BCUT2D eigenvalue weighted by atomic mass is 16.7. The molecule has 34 nitrogen and oxygen atoms in total. The molecule has 0 bridgehead atoms. The Bertz CT molecular complexity index is 2090. The van der Waals surface area contributed by atoms with E-state index in [9.17, 15) is 84.3 Å². The molecule has 5 amide bonds. The van der Waals surface area contributed by atoms with Crippen LogP contribution in [0.5, 0.6) is 0 Å². The predicted molar refractivity (Wildman–Crippen MR) is 347 cm³/mol. The average Bonchev–Trinajstić information content (AvgIpc) is 0.824. The molecule has 0 saturated carbocycles. The molecule has 14 N–H and O–H groups in total. The second-order valence-corrected chi connectivity index (χ2v) is 24.8. The van der Waals surface area contributed by atoms with Crippen molar-refractivity contribution in [3.63, 3.8) is 0 Å². The fraction of sp³-hybridized carbons (Fsp3) is 0.877. The first-order chi connectivity index (χ1) is 47.5. The molecule has 0 spiro atoms. The number of carbonyl (C=O) groups is 8. The van der Waals surface area contributed by atoms with Crippen LogP contribution in [0.3, 0.4) is 0 Å². The maximum atomic E-state index is 13.9. The Morgan fingerprint density at radius 2 is 0.697 bits per heavy atom. The van der Waals surface area contributed by atoms with Crippen LogP contribution in [-0.4, -0.2) is 316 Å². The molecule has 3 fully saturated rings. The lowest BCUT2D eigenvalue weighted by molar-refractivity contribution is -0.272. The number of ketones is 3. The van der Waals surface area contributed by atoms with E-state index < -0.39 is 141 Å². The van der Waals surface area contributed by atoms with E-state index >= 15 is 0 Å². The third-order valence-corrected chi connectivity index (χ3v) is 16.6. The molecular weight excluding hydrogens is 1310 g/mol.